The van der Waals surface area contributed by atoms with E-state index in [4.69, 9.17) is 9.84 Å². The monoisotopic (exact) mass is 278 g/mol. The summed E-state index contributed by atoms with van der Waals surface area (Å²) in [6.07, 6.45) is 0.773. The molecule has 5 heteroatoms. The molecule has 0 spiro atoms. The van der Waals surface area contributed by atoms with Gasteiger partial charge in [-0.1, -0.05) is 0 Å². The van der Waals surface area contributed by atoms with Crippen LogP contribution < -0.4 is 10.2 Å². The zero-order chi connectivity index (χ0) is 14.5. The highest BCUT2D eigenvalue weighted by Gasteiger charge is 2.30. The molecule has 0 aromatic heterocycles. The van der Waals surface area contributed by atoms with Crippen LogP contribution >= 0.6 is 0 Å². The second-order valence-electron chi connectivity index (χ2n) is 5.15. The normalized spacial score (nSPS) is 21.8. The number of hydrogen-bond donors (Lipinski definition) is 2. The van der Waals surface area contributed by atoms with Gasteiger partial charge < -0.3 is 20.1 Å². The standard InChI is InChI=1S/C15H22N2O3/c1-11-14(7-10-20-11)15(19)16-12-3-5-13(6-4-12)17(2)8-9-18/h3-6,11,14,18H,7-10H2,1-2H3,(H,16,19). The SMILES string of the molecule is CC1OCCC1C(=O)Nc1ccc(N(C)CCO)cc1. The van der Waals surface area contributed by atoms with Crippen molar-refractivity contribution in [2.45, 2.75) is 19.4 Å². The zero-order valence-electron chi connectivity index (χ0n) is 12.0. The third-order valence-electron chi connectivity index (χ3n) is 3.72. The molecule has 1 aliphatic heterocycles. The molecule has 2 N–H and O–H groups in total. The molecule has 20 heavy (non-hydrogen) atoms. The maximum absolute atomic E-state index is 12.1. The maximum Gasteiger partial charge on any atom is 0.230 e. The molecule has 2 unspecified atom stereocenters. The number of nitrogens with one attached hydrogen (secondary N) is 1. The number of ether oxygens (including phenoxy) is 1. The second-order valence-corrected chi connectivity index (χ2v) is 5.15. The van der Waals surface area contributed by atoms with E-state index in [2.05, 4.69) is 5.32 Å². The van der Waals surface area contributed by atoms with E-state index in [1.165, 1.54) is 0 Å². The zero-order valence-corrected chi connectivity index (χ0v) is 12.0. The van der Waals surface area contributed by atoms with Crippen molar-refractivity contribution in [2.24, 2.45) is 5.92 Å². The molecule has 0 radical (unpaired) electrons. The van der Waals surface area contributed by atoms with Crippen molar-refractivity contribution in [3.63, 3.8) is 0 Å². The molecule has 1 aromatic carbocycles. The smallest absolute Gasteiger partial charge is 0.230 e. The summed E-state index contributed by atoms with van der Waals surface area (Å²) in [6.45, 7) is 3.30. The molecule has 2 rings (SSSR count). The van der Waals surface area contributed by atoms with Crippen molar-refractivity contribution in [1.82, 2.24) is 0 Å². The molecule has 1 heterocycles. The van der Waals surface area contributed by atoms with Crippen molar-refractivity contribution >= 4 is 17.3 Å². The van der Waals surface area contributed by atoms with E-state index < -0.39 is 0 Å². The third kappa shape index (κ3) is 3.49. The largest absolute Gasteiger partial charge is 0.395 e. The lowest BCUT2D eigenvalue weighted by atomic mass is 10.0. The highest BCUT2D eigenvalue weighted by Crippen LogP contribution is 2.23. The number of hydrogen-bond acceptors (Lipinski definition) is 4. The average Bonchev–Trinajstić information content (AvgIpc) is 2.86. The fourth-order valence-corrected chi connectivity index (χ4v) is 2.39. The molecule has 2 atom stereocenters. The molecule has 0 aliphatic carbocycles. The second kappa shape index (κ2) is 6.72. The predicted octanol–water partition coefficient (Wildman–Crippen LogP) is 1.48. The van der Waals surface area contributed by atoms with Crippen LogP contribution in [0.1, 0.15) is 13.3 Å². The first-order valence-corrected chi connectivity index (χ1v) is 6.96. The van der Waals surface area contributed by atoms with Crippen LogP contribution in [-0.2, 0) is 9.53 Å². The topological polar surface area (TPSA) is 61.8 Å². The van der Waals surface area contributed by atoms with Crippen molar-refractivity contribution in [2.75, 3.05) is 37.0 Å². The highest BCUT2D eigenvalue weighted by molar-refractivity contribution is 5.93. The Balaban J connectivity index is 1.95. The minimum absolute atomic E-state index is 0.00930. The molecule has 1 aromatic rings. The van der Waals surface area contributed by atoms with Gasteiger partial charge in [0.05, 0.1) is 18.6 Å². The predicted molar refractivity (Wildman–Crippen MR) is 78.9 cm³/mol. The summed E-state index contributed by atoms with van der Waals surface area (Å²) in [5, 5.41) is 11.8. The molecule has 0 saturated carbocycles. The van der Waals surface area contributed by atoms with Crippen LogP contribution in [0, 0.1) is 5.92 Å². The van der Waals surface area contributed by atoms with Gasteiger partial charge in [-0.15, -0.1) is 0 Å². The minimum atomic E-state index is -0.0632. The van der Waals surface area contributed by atoms with Gasteiger partial charge in [0.1, 0.15) is 0 Å². The van der Waals surface area contributed by atoms with Gasteiger partial charge in [0, 0.05) is 31.6 Å². The van der Waals surface area contributed by atoms with E-state index in [9.17, 15) is 4.79 Å². The third-order valence-corrected chi connectivity index (χ3v) is 3.72. The van der Waals surface area contributed by atoms with Crippen LogP contribution in [-0.4, -0.2) is 43.9 Å². The van der Waals surface area contributed by atoms with Crippen molar-refractivity contribution in [3.8, 4) is 0 Å². The molecular weight excluding hydrogens is 256 g/mol. The lowest BCUT2D eigenvalue weighted by molar-refractivity contribution is -0.121. The van der Waals surface area contributed by atoms with Crippen LogP contribution in [0.4, 0.5) is 11.4 Å². The summed E-state index contributed by atoms with van der Waals surface area (Å²) < 4.78 is 5.41. The number of nitrogens with zero attached hydrogens (tertiary/aromatic N) is 1. The Morgan fingerprint density at radius 3 is 2.70 bits per heavy atom. The summed E-state index contributed by atoms with van der Waals surface area (Å²) in [5.41, 5.74) is 1.80. The van der Waals surface area contributed by atoms with Crippen LogP contribution in [0.3, 0.4) is 0 Å². The van der Waals surface area contributed by atoms with Crippen molar-refractivity contribution in [3.05, 3.63) is 24.3 Å². The lowest BCUT2D eigenvalue weighted by Gasteiger charge is -2.18. The average molecular weight is 278 g/mol. The van der Waals surface area contributed by atoms with Gasteiger partial charge >= 0.3 is 0 Å². The Labute approximate surface area is 119 Å². The summed E-state index contributed by atoms with van der Waals surface area (Å²) in [5.74, 6) is -0.0433. The Hall–Kier alpha value is -1.59. The number of aliphatic hydroxyl groups excluding tert-OH is 1. The molecule has 5 nitrogen and oxygen atoms in total. The van der Waals surface area contributed by atoms with Gasteiger partial charge in [0.25, 0.3) is 0 Å². The molecule has 1 aliphatic rings. The van der Waals surface area contributed by atoms with Gasteiger partial charge in [-0.25, -0.2) is 0 Å². The number of benzene rings is 1. The Kier molecular flexibility index (Phi) is 4.98. The number of anilines is 2. The van der Waals surface area contributed by atoms with Crippen LogP contribution in [0.5, 0.6) is 0 Å². The number of carbonyl (C=O) groups excluding carboxylic acids is 1. The van der Waals surface area contributed by atoms with Gasteiger partial charge in [0.15, 0.2) is 0 Å². The Morgan fingerprint density at radius 2 is 2.15 bits per heavy atom. The molecule has 1 saturated heterocycles. The summed E-state index contributed by atoms with van der Waals surface area (Å²) in [7, 11) is 1.92. The van der Waals surface area contributed by atoms with E-state index in [1.807, 2.05) is 43.1 Å². The first-order chi connectivity index (χ1) is 9.61. The molecule has 110 valence electrons. The molecule has 1 amide bonds. The number of rotatable bonds is 5. The van der Waals surface area contributed by atoms with E-state index in [0.717, 1.165) is 17.8 Å². The van der Waals surface area contributed by atoms with Crippen molar-refractivity contribution < 1.29 is 14.6 Å². The minimum Gasteiger partial charge on any atom is -0.395 e. The first-order valence-electron chi connectivity index (χ1n) is 6.96. The number of carbonyl (C=O) groups is 1. The van der Waals surface area contributed by atoms with E-state index >= 15 is 0 Å². The van der Waals surface area contributed by atoms with Gasteiger partial charge in [-0.2, -0.15) is 0 Å². The fraction of sp³-hybridized carbons (Fsp3) is 0.533. The highest BCUT2D eigenvalue weighted by atomic mass is 16.5. The lowest BCUT2D eigenvalue weighted by Crippen LogP contribution is -2.27. The molecular formula is C15H22N2O3. The van der Waals surface area contributed by atoms with Crippen LogP contribution in [0.2, 0.25) is 0 Å². The number of likely N-dealkylation sites (N-methyl/N-ethyl adjacent to an activating group) is 1. The fourth-order valence-electron chi connectivity index (χ4n) is 2.39. The van der Waals surface area contributed by atoms with Crippen molar-refractivity contribution in [1.29, 1.82) is 0 Å². The van der Waals surface area contributed by atoms with Gasteiger partial charge in [-0.05, 0) is 37.6 Å². The number of aliphatic hydroxyl groups is 1. The molecule has 1 fully saturated rings. The van der Waals surface area contributed by atoms with Gasteiger partial charge in [-0.3, -0.25) is 4.79 Å². The Bertz CT molecular complexity index is 447. The first kappa shape index (κ1) is 14.8. The summed E-state index contributed by atoms with van der Waals surface area (Å²) >= 11 is 0. The number of amides is 1. The maximum atomic E-state index is 12.1. The van der Waals surface area contributed by atoms with Gasteiger partial charge in [0.2, 0.25) is 5.91 Å². The van der Waals surface area contributed by atoms with E-state index in [-0.39, 0.29) is 24.5 Å². The van der Waals surface area contributed by atoms with E-state index in [1.54, 1.807) is 0 Å². The van der Waals surface area contributed by atoms with E-state index in [0.29, 0.717) is 13.2 Å². The van der Waals surface area contributed by atoms with Crippen LogP contribution in [0.25, 0.3) is 0 Å². The quantitative estimate of drug-likeness (QED) is 0.856. The summed E-state index contributed by atoms with van der Waals surface area (Å²) in [4.78, 5) is 14.1. The Morgan fingerprint density at radius 1 is 1.45 bits per heavy atom. The summed E-state index contributed by atoms with van der Waals surface area (Å²) in [6, 6.07) is 7.61. The van der Waals surface area contributed by atoms with Crippen LogP contribution in [0.15, 0.2) is 24.3 Å². The molecule has 0 bridgehead atoms.